The number of non-ortho nitro benzene ring substituents is 1. The van der Waals surface area contributed by atoms with E-state index < -0.39 is 16.7 Å². The molecule has 0 aliphatic carbocycles. The van der Waals surface area contributed by atoms with Crippen molar-refractivity contribution in [2.75, 3.05) is 0 Å². The number of rotatable bonds is 3. The molecule has 2 N–H and O–H groups in total. The third-order valence-corrected chi connectivity index (χ3v) is 3.90. The molecule has 3 aromatic rings. The lowest BCUT2D eigenvalue weighted by molar-refractivity contribution is -0.384. The number of nitrogens with two attached hydrogens (primary N) is 1. The third kappa shape index (κ3) is 3.03. The molecule has 0 saturated heterocycles. The lowest BCUT2D eigenvalue weighted by atomic mass is 10.1. The summed E-state index contributed by atoms with van der Waals surface area (Å²) in [5.41, 5.74) is 5.55. The quantitative estimate of drug-likeness (QED) is 0.557. The smallest absolute Gasteiger partial charge is 0.325 e. The Balaban J connectivity index is 2.28. The summed E-state index contributed by atoms with van der Waals surface area (Å²) in [6.07, 6.45) is -3.73. The van der Waals surface area contributed by atoms with Crippen LogP contribution in [0.25, 0.3) is 16.9 Å². The third-order valence-electron chi connectivity index (χ3n) is 3.63. The minimum Gasteiger partial charge on any atom is -0.325 e. The first-order chi connectivity index (χ1) is 11.7. The van der Waals surface area contributed by atoms with Gasteiger partial charge in [-0.15, -0.1) is 0 Å². The van der Waals surface area contributed by atoms with Gasteiger partial charge in [0.25, 0.3) is 5.69 Å². The maximum Gasteiger partial charge on any atom is 0.417 e. The molecule has 2 aromatic heterocycles. The van der Waals surface area contributed by atoms with Gasteiger partial charge in [0.1, 0.15) is 0 Å². The maximum absolute atomic E-state index is 13.0. The molecular weight excluding hydrogens is 361 g/mol. The lowest BCUT2D eigenvalue weighted by Crippen LogP contribution is -2.09. The highest BCUT2D eigenvalue weighted by atomic mass is 35.5. The molecule has 0 saturated carbocycles. The molecule has 0 fully saturated rings. The number of aromatic nitrogens is 2. The van der Waals surface area contributed by atoms with Crippen molar-refractivity contribution < 1.29 is 18.1 Å². The predicted octanol–water partition coefficient (Wildman–Crippen LogP) is 4.04. The minimum absolute atomic E-state index is 0.0941. The number of hydrogen-bond donors (Lipinski definition) is 1. The zero-order valence-electron chi connectivity index (χ0n) is 12.4. The molecule has 6 nitrogen and oxygen atoms in total. The molecule has 0 unspecified atom stereocenters. The van der Waals surface area contributed by atoms with Crippen molar-refractivity contribution in [3.05, 3.63) is 62.9 Å². The van der Waals surface area contributed by atoms with Gasteiger partial charge in [-0.2, -0.15) is 13.2 Å². The van der Waals surface area contributed by atoms with E-state index in [4.69, 9.17) is 17.3 Å². The Kier molecular flexibility index (Phi) is 4.13. The molecule has 0 atom stereocenters. The van der Waals surface area contributed by atoms with Crippen LogP contribution in [0.5, 0.6) is 0 Å². The Morgan fingerprint density at radius 1 is 1.32 bits per heavy atom. The summed E-state index contributed by atoms with van der Waals surface area (Å²) >= 11 is 5.95. The van der Waals surface area contributed by atoms with Crippen molar-refractivity contribution >= 4 is 22.9 Å². The van der Waals surface area contributed by atoms with Crippen LogP contribution in [-0.2, 0) is 12.7 Å². The molecule has 2 heterocycles. The average molecular weight is 371 g/mol. The topological polar surface area (TPSA) is 86.5 Å². The van der Waals surface area contributed by atoms with Crippen molar-refractivity contribution in [1.82, 2.24) is 9.38 Å². The van der Waals surface area contributed by atoms with Gasteiger partial charge < -0.3 is 10.1 Å². The second-order valence-electron chi connectivity index (χ2n) is 5.19. The number of hydrogen-bond acceptors (Lipinski definition) is 4. The van der Waals surface area contributed by atoms with Gasteiger partial charge in [-0.05, 0) is 6.07 Å². The number of halogens is 4. The molecular formula is C15H10ClF3N4O2. The number of nitro groups is 1. The molecule has 25 heavy (non-hydrogen) atoms. The number of alkyl halides is 3. The SMILES string of the molecule is NCc1c(-c2cccc([N+](=O)[O-])c2)nc2c(Cl)cc(C(F)(F)F)cn12. The van der Waals surface area contributed by atoms with Gasteiger partial charge in [-0.25, -0.2) is 4.98 Å². The number of fused-ring (bicyclic) bond motifs is 1. The Bertz CT molecular complexity index is 985. The highest BCUT2D eigenvalue weighted by Gasteiger charge is 2.32. The van der Waals surface area contributed by atoms with E-state index in [1.54, 1.807) is 6.07 Å². The van der Waals surface area contributed by atoms with Gasteiger partial charge in [0, 0.05) is 30.4 Å². The van der Waals surface area contributed by atoms with E-state index in [1.165, 1.54) is 22.6 Å². The van der Waals surface area contributed by atoms with Gasteiger partial charge in [0.05, 0.1) is 26.9 Å². The molecule has 0 bridgehead atoms. The summed E-state index contributed by atoms with van der Waals surface area (Å²) in [4.78, 5) is 14.6. The van der Waals surface area contributed by atoms with Crippen LogP contribution in [0.3, 0.4) is 0 Å². The van der Waals surface area contributed by atoms with E-state index in [9.17, 15) is 23.3 Å². The Morgan fingerprint density at radius 2 is 2.04 bits per heavy atom. The molecule has 3 rings (SSSR count). The van der Waals surface area contributed by atoms with Crippen molar-refractivity contribution in [2.24, 2.45) is 5.73 Å². The number of nitro benzene ring substituents is 1. The normalized spacial score (nSPS) is 11.9. The van der Waals surface area contributed by atoms with Gasteiger partial charge in [-0.3, -0.25) is 10.1 Å². The summed E-state index contributed by atoms with van der Waals surface area (Å²) in [6, 6.07) is 6.38. The second kappa shape index (κ2) is 6.01. The first kappa shape index (κ1) is 17.2. The van der Waals surface area contributed by atoms with Crippen LogP contribution in [0.2, 0.25) is 5.02 Å². The molecule has 0 aliphatic rings. The van der Waals surface area contributed by atoms with Gasteiger partial charge >= 0.3 is 6.18 Å². The molecule has 130 valence electrons. The number of pyridine rings is 1. The van der Waals surface area contributed by atoms with Crippen LogP contribution in [0.15, 0.2) is 36.5 Å². The molecule has 0 amide bonds. The average Bonchev–Trinajstić information content (AvgIpc) is 2.93. The van der Waals surface area contributed by atoms with Crippen LogP contribution in [-0.4, -0.2) is 14.3 Å². The highest BCUT2D eigenvalue weighted by Crippen LogP contribution is 2.35. The van der Waals surface area contributed by atoms with Crippen molar-refractivity contribution in [3.63, 3.8) is 0 Å². The number of benzene rings is 1. The van der Waals surface area contributed by atoms with E-state index in [1.807, 2.05) is 0 Å². The Hall–Kier alpha value is -2.65. The van der Waals surface area contributed by atoms with Crippen LogP contribution >= 0.6 is 11.6 Å². The molecule has 0 spiro atoms. The number of nitrogens with zero attached hydrogens (tertiary/aromatic N) is 3. The fourth-order valence-corrected chi connectivity index (χ4v) is 2.75. The van der Waals surface area contributed by atoms with Crippen molar-refractivity contribution in [1.29, 1.82) is 0 Å². The van der Waals surface area contributed by atoms with Gasteiger partial charge in [0.2, 0.25) is 0 Å². The number of imidazole rings is 1. The van der Waals surface area contributed by atoms with Crippen molar-refractivity contribution in [3.8, 4) is 11.3 Å². The van der Waals surface area contributed by atoms with Crippen LogP contribution in [0.1, 0.15) is 11.3 Å². The van der Waals surface area contributed by atoms with E-state index in [0.29, 0.717) is 5.56 Å². The van der Waals surface area contributed by atoms with E-state index in [0.717, 1.165) is 12.3 Å². The monoisotopic (exact) mass is 370 g/mol. The summed E-state index contributed by atoms with van der Waals surface area (Å²) in [6.45, 7) is -0.128. The summed E-state index contributed by atoms with van der Waals surface area (Å²) < 4.78 is 40.2. The fourth-order valence-electron chi connectivity index (χ4n) is 2.50. The Morgan fingerprint density at radius 3 is 2.64 bits per heavy atom. The Labute approximate surface area is 143 Å². The highest BCUT2D eigenvalue weighted by molar-refractivity contribution is 6.33. The van der Waals surface area contributed by atoms with Crippen LogP contribution < -0.4 is 5.73 Å². The first-order valence-corrected chi connectivity index (χ1v) is 7.32. The second-order valence-corrected chi connectivity index (χ2v) is 5.59. The molecule has 0 aliphatic heterocycles. The molecule has 10 heteroatoms. The largest absolute Gasteiger partial charge is 0.417 e. The van der Waals surface area contributed by atoms with Crippen molar-refractivity contribution in [2.45, 2.75) is 12.7 Å². The summed E-state index contributed by atoms with van der Waals surface area (Å²) in [5, 5.41) is 10.7. The van der Waals surface area contributed by atoms with Crippen LogP contribution in [0, 0.1) is 10.1 Å². The predicted molar refractivity (Wildman–Crippen MR) is 85.2 cm³/mol. The van der Waals surface area contributed by atoms with Gasteiger partial charge in [-0.1, -0.05) is 23.7 Å². The van der Waals surface area contributed by atoms with Gasteiger partial charge in [0.15, 0.2) is 5.65 Å². The standard InChI is InChI=1S/C15H10ClF3N4O2/c16-11-5-9(15(17,18)19)7-22-12(6-20)13(21-14(11)22)8-2-1-3-10(4-8)23(24)25/h1-5,7H,6,20H2. The zero-order valence-corrected chi connectivity index (χ0v) is 13.2. The maximum atomic E-state index is 13.0. The zero-order chi connectivity index (χ0) is 18.4. The molecule has 0 radical (unpaired) electrons. The molecule has 1 aromatic carbocycles. The fraction of sp³-hybridized carbons (Fsp3) is 0.133. The van der Waals surface area contributed by atoms with E-state index >= 15 is 0 Å². The first-order valence-electron chi connectivity index (χ1n) is 6.95. The lowest BCUT2D eigenvalue weighted by Gasteiger charge is -2.09. The van der Waals surface area contributed by atoms with E-state index in [-0.39, 0.29) is 34.3 Å². The van der Waals surface area contributed by atoms with Crippen LogP contribution in [0.4, 0.5) is 18.9 Å². The summed E-state index contributed by atoms with van der Waals surface area (Å²) in [5.74, 6) is 0. The van der Waals surface area contributed by atoms with E-state index in [2.05, 4.69) is 4.98 Å². The summed E-state index contributed by atoms with van der Waals surface area (Å²) in [7, 11) is 0. The minimum atomic E-state index is -4.58.